The van der Waals surface area contributed by atoms with Crippen molar-refractivity contribution in [3.63, 3.8) is 0 Å². The third-order valence-corrected chi connectivity index (χ3v) is 3.61. The summed E-state index contributed by atoms with van der Waals surface area (Å²) in [5.41, 5.74) is 10.5. The molecule has 108 valence electrons. The summed E-state index contributed by atoms with van der Waals surface area (Å²) in [6.45, 7) is 6.27. The third kappa shape index (κ3) is 3.22. The number of aromatic nitrogens is 2. The quantitative estimate of drug-likeness (QED) is 0.916. The van der Waals surface area contributed by atoms with Gasteiger partial charge in [0.1, 0.15) is 0 Å². The third-order valence-electron chi connectivity index (χ3n) is 3.38. The Labute approximate surface area is 125 Å². The van der Waals surface area contributed by atoms with Gasteiger partial charge >= 0.3 is 0 Å². The van der Waals surface area contributed by atoms with Gasteiger partial charge in [0.2, 0.25) is 0 Å². The first-order valence-electron chi connectivity index (χ1n) is 7.17. The number of hydrogen-bond donors (Lipinski definition) is 1. The minimum absolute atomic E-state index is 0.112. The van der Waals surface area contributed by atoms with Crippen molar-refractivity contribution in [1.29, 1.82) is 0 Å². The second kappa shape index (κ2) is 6.42. The van der Waals surface area contributed by atoms with Crippen LogP contribution in [0.1, 0.15) is 37.7 Å². The topological polar surface area (TPSA) is 43.8 Å². The van der Waals surface area contributed by atoms with Gasteiger partial charge in [-0.3, -0.25) is 0 Å². The Hall–Kier alpha value is -1.32. The highest BCUT2D eigenvalue weighted by atomic mass is 35.5. The van der Waals surface area contributed by atoms with Crippen LogP contribution in [0.25, 0.3) is 5.69 Å². The Morgan fingerprint density at radius 2 is 2.00 bits per heavy atom. The summed E-state index contributed by atoms with van der Waals surface area (Å²) in [6.07, 6.45) is 2.69. The number of aryl methyl sites for hydroxylation is 2. The molecule has 0 saturated carbocycles. The van der Waals surface area contributed by atoms with Gasteiger partial charge < -0.3 is 5.73 Å². The van der Waals surface area contributed by atoms with Gasteiger partial charge in [-0.25, -0.2) is 4.68 Å². The largest absolute Gasteiger partial charge is 0.328 e. The van der Waals surface area contributed by atoms with E-state index in [1.54, 1.807) is 0 Å². The number of hydrogen-bond acceptors (Lipinski definition) is 2. The van der Waals surface area contributed by atoms with Crippen LogP contribution in [0.3, 0.4) is 0 Å². The molecule has 2 N–H and O–H groups in total. The summed E-state index contributed by atoms with van der Waals surface area (Å²) in [4.78, 5) is 0. The van der Waals surface area contributed by atoms with Crippen LogP contribution in [0.5, 0.6) is 0 Å². The standard InChI is InChI=1S/C16H22ClN3/c1-4-14-10-15(5-2)20(19-14)16-9-13(17)7-6-12(16)8-11(3)18/h6-7,9-11H,4-5,8,18H2,1-3H3. The molecule has 0 fully saturated rings. The molecule has 0 spiro atoms. The lowest BCUT2D eigenvalue weighted by Crippen LogP contribution is -2.19. The summed E-state index contributed by atoms with van der Waals surface area (Å²) in [7, 11) is 0. The lowest BCUT2D eigenvalue weighted by molar-refractivity contribution is 0.719. The second-order valence-electron chi connectivity index (χ2n) is 5.20. The zero-order valence-corrected chi connectivity index (χ0v) is 13.1. The lowest BCUT2D eigenvalue weighted by Gasteiger charge is -2.14. The fourth-order valence-corrected chi connectivity index (χ4v) is 2.53. The fraction of sp³-hybridized carbons (Fsp3) is 0.438. The van der Waals surface area contributed by atoms with E-state index in [-0.39, 0.29) is 6.04 Å². The molecular weight excluding hydrogens is 270 g/mol. The SMILES string of the molecule is CCc1cc(CC)n(-c2cc(Cl)ccc2CC(C)N)n1. The Bertz CT molecular complexity index is 587. The van der Waals surface area contributed by atoms with Gasteiger partial charge in [-0.1, -0.05) is 31.5 Å². The number of nitrogens with two attached hydrogens (primary N) is 1. The van der Waals surface area contributed by atoms with Gasteiger partial charge in [0.15, 0.2) is 0 Å². The van der Waals surface area contributed by atoms with E-state index in [0.717, 1.165) is 35.7 Å². The summed E-state index contributed by atoms with van der Waals surface area (Å²) >= 11 is 6.17. The van der Waals surface area contributed by atoms with Gasteiger partial charge in [-0.05, 0) is 49.9 Å². The van der Waals surface area contributed by atoms with Crippen LogP contribution >= 0.6 is 11.6 Å². The van der Waals surface area contributed by atoms with Gasteiger partial charge in [0.05, 0.1) is 11.4 Å². The minimum atomic E-state index is 0.112. The molecule has 1 atom stereocenters. The van der Waals surface area contributed by atoms with Crippen LogP contribution in [0.15, 0.2) is 24.3 Å². The maximum absolute atomic E-state index is 6.17. The number of rotatable bonds is 5. The maximum Gasteiger partial charge on any atom is 0.0696 e. The highest BCUT2D eigenvalue weighted by Crippen LogP contribution is 2.23. The molecule has 1 aromatic heterocycles. The van der Waals surface area contributed by atoms with Crippen molar-refractivity contribution in [3.05, 3.63) is 46.2 Å². The summed E-state index contributed by atoms with van der Waals surface area (Å²) in [5.74, 6) is 0. The molecule has 3 nitrogen and oxygen atoms in total. The average Bonchev–Trinajstić information content (AvgIpc) is 2.83. The van der Waals surface area contributed by atoms with Gasteiger partial charge in [-0.2, -0.15) is 5.10 Å². The van der Waals surface area contributed by atoms with E-state index in [1.807, 2.05) is 29.8 Å². The summed E-state index contributed by atoms with van der Waals surface area (Å²) < 4.78 is 2.02. The highest BCUT2D eigenvalue weighted by molar-refractivity contribution is 6.30. The average molecular weight is 292 g/mol. The molecule has 0 saturated heterocycles. The first-order chi connectivity index (χ1) is 9.55. The fourth-order valence-electron chi connectivity index (χ4n) is 2.36. The predicted octanol–water partition coefficient (Wildman–Crippen LogP) is 3.54. The van der Waals surface area contributed by atoms with Gasteiger partial charge in [-0.15, -0.1) is 0 Å². The molecule has 1 aromatic carbocycles. The van der Waals surface area contributed by atoms with E-state index < -0.39 is 0 Å². The Morgan fingerprint density at radius 3 is 2.60 bits per heavy atom. The van der Waals surface area contributed by atoms with Gasteiger partial charge in [0.25, 0.3) is 0 Å². The zero-order valence-electron chi connectivity index (χ0n) is 12.4. The van der Waals surface area contributed by atoms with Crippen LogP contribution in [-0.4, -0.2) is 15.8 Å². The van der Waals surface area contributed by atoms with Crippen LogP contribution < -0.4 is 5.73 Å². The first-order valence-corrected chi connectivity index (χ1v) is 7.55. The normalized spacial score (nSPS) is 12.7. The predicted molar refractivity (Wildman–Crippen MR) is 84.7 cm³/mol. The Morgan fingerprint density at radius 1 is 1.25 bits per heavy atom. The van der Waals surface area contributed by atoms with E-state index in [9.17, 15) is 0 Å². The van der Waals surface area contributed by atoms with Crippen molar-refractivity contribution >= 4 is 11.6 Å². The van der Waals surface area contributed by atoms with E-state index in [2.05, 4.69) is 19.9 Å². The van der Waals surface area contributed by atoms with E-state index in [0.29, 0.717) is 0 Å². The Balaban J connectivity index is 2.55. The van der Waals surface area contributed by atoms with Crippen molar-refractivity contribution < 1.29 is 0 Å². The van der Waals surface area contributed by atoms with Gasteiger partial charge in [0, 0.05) is 16.8 Å². The number of benzene rings is 1. The zero-order chi connectivity index (χ0) is 14.7. The molecule has 4 heteroatoms. The molecule has 1 unspecified atom stereocenters. The molecule has 0 aliphatic carbocycles. The summed E-state index contributed by atoms with van der Waals surface area (Å²) in [6, 6.07) is 8.22. The molecule has 2 rings (SSSR count). The molecule has 0 amide bonds. The molecule has 0 aliphatic heterocycles. The monoisotopic (exact) mass is 291 g/mol. The molecular formula is C16H22ClN3. The second-order valence-corrected chi connectivity index (χ2v) is 5.64. The van der Waals surface area contributed by atoms with E-state index in [1.165, 1.54) is 11.3 Å². The smallest absolute Gasteiger partial charge is 0.0696 e. The first kappa shape index (κ1) is 15.1. The van der Waals surface area contributed by atoms with E-state index >= 15 is 0 Å². The lowest BCUT2D eigenvalue weighted by atomic mass is 10.1. The molecule has 2 aromatic rings. The van der Waals surface area contributed by atoms with Crippen molar-refractivity contribution in [1.82, 2.24) is 9.78 Å². The van der Waals surface area contributed by atoms with Crippen LogP contribution in [0.2, 0.25) is 5.02 Å². The number of nitrogens with zero attached hydrogens (tertiary/aromatic N) is 2. The minimum Gasteiger partial charge on any atom is -0.328 e. The van der Waals surface area contributed by atoms with Crippen LogP contribution in [-0.2, 0) is 19.3 Å². The molecule has 0 bridgehead atoms. The highest BCUT2D eigenvalue weighted by Gasteiger charge is 2.13. The van der Waals surface area contributed by atoms with Crippen molar-refractivity contribution in [2.45, 2.75) is 46.1 Å². The Kier molecular flexibility index (Phi) is 4.84. The number of halogens is 1. The van der Waals surface area contributed by atoms with E-state index in [4.69, 9.17) is 22.4 Å². The van der Waals surface area contributed by atoms with Crippen molar-refractivity contribution in [2.75, 3.05) is 0 Å². The molecule has 20 heavy (non-hydrogen) atoms. The van der Waals surface area contributed by atoms with Crippen LogP contribution in [0, 0.1) is 0 Å². The van der Waals surface area contributed by atoms with Crippen molar-refractivity contribution in [2.24, 2.45) is 5.73 Å². The summed E-state index contributed by atoms with van der Waals surface area (Å²) in [5, 5.41) is 5.42. The van der Waals surface area contributed by atoms with Crippen LogP contribution in [0.4, 0.5) is 0 Å². The maximum atomic E-state index is 6.17. The molecule has 0 aliphatic rings. The van der Waals surface area contributed by atoms with Crippen molar-refractivity contribution in [3.8, 4) is 5.69 Å². The molecule has 1 heterocycles. The molecule has 0 radical (unpaired) electrons.